The Hall–Kier alpha value is -2.77. The molecule has 0 bridgehead atoms. The number of rotatable bonds is 4. The number of pyridine rings is 1. The fourth-order valence-electron chi connectivity index (χ4n) is 1.69. The van der Waals surface area contributed by atoms with Gasteiger partial charge in [0.15, 0.2) is 0 Å². The first-order valence-electron chi connectivity index (χ1n) is 5.45. The molecule has 0 saturated carbocycles. The van der Waals surface area contributed by atoms with E-state index in [1.54, 1.807) is 17.0 Å². The summed E-state index contributed by atoms with van der Waals surface area (Å²) in [6.45, 7) is 1.89. The van der Waals surface area contributed by atoms with Crippen molar-refractivity contribution in [3.05, 3.63) is 46.2 Å². The first kappa shape index (κ1) is 12.7. The standard InChI is InChI=1S/C11H10N4O4/c1-2-9-12-3-4-14(9)10-5-7(11(16)17)8(6-13-10)15(18)19/h3-6H,2H2,1H3,(H,16,17). The second kappa shape index (κ2) is 4.84. The third-order valence-corrected chi connectivity index (χ3v) is 2.58. The van der Waals surface area contributed by atoms with Crippen LogP contribution in [0.25, 0.3) is 5.82 Å². The largest absolute Gasteiger partial charge is 0.477 e. The lowest BCUT2D eigenvalue weighted by molar-refractivity contribution is -0.385. The molecular formula is C11H10N4O4. The zero-order valence-electron chi connectivity index (χ0n) is 9.98. The molecule has 8 heteroatoms. The van der Waals surface area contributed by atoms with Crippen molar-refractivity contribution in [2.45, 2.75) is 13.3 Å². The van der Waals surface area contributed by atoms with Crippen LogP contribution in [0.15, 0.2) is 24.7 Å². The SMILES string of the molecule is CCc1nccn1-c1cc(C(=O)O)c([N+](=O)[O-])cn1. The van der Waals surface area contributed by atoms with Crippen LogP contribution in [0, 0.1) is 10.1 Å². The quantitative estimate of drug-likeness (QED) is 0.659. The van der Waals surface area contributed by atoms with Gasteiger partial charge >= 0.3 is 11.7 Å². The Morgan fingerprint density at radius 3 is 2.84 bits per heavy atom. The summed E-state index contributed by atoms with van der Waals surface area (Å²) in [5.41, 5.74) is -0.930. The summed E-state index contributed by atoms with van der Waals surface area (Å²) in [6, 6.07) is 1.17. The molecule has 19 heavy (non-hydrogen) atoms. The molecule has 0 spiro atoms. The van der Waals surface area contributed by atoms with E-state index in [0.717, 1.165) is 6.20 Å². The van der Waals surface area contributed by atoms with Crippen molar-refractivity contribution in [1.29, 1.82) is 0 Å². The van der Waals surface area contributed by atoms with Crippen molar-refractivity contribution in [3.63, 3.8) is 0 Å². The molecule has 0 saturated heterocycles. The molecule has 0 aliphatic carbocycles. The van der Waals surface area contributed by atoms with Gasteiger partial charge in [0.25, 0.3) is 0 Å². The Balaban J connectivity index is 2.58. The molecule has 0 aliphatic heterocycles. The van der Waals surface area contributed by atoms with E-state index in [0.29, 0.717) is 12.2 Å². The highest BCUT2D eigenvalue weighted by molar-refractivity contribution is 5.92. The lowest BCUT2D eigenvalue weighted by Gasteiger charge is -2.06. The molecule has 0 fully saturated rings. The van der Waals surface area contributed by atoms with E-state index in [2.05, 4.69) is 9.97 Å². The normalized spacial score (nSPS) is 10.4. The van der Waals surface area contributed by atoms with Gasteiger partial charge in [-0.05, 0) is 0 Å². The molecule has 2 aromatic rings. The monoisotopic (exact) mass is 262 g/mol. The van der Waals surface area contributed by atoms with Gasteiger partial charge in [-0.15, -0.1) is 0 Å². The fourth-order valence-corrected chi connectivity index (χ4v) is 1.69. The molecule has 0 radical (unpaired) electrons. The lowest BCUT2D eigenvalue weighted by atomic mass is 10.2. The topological polar surface area (TPSA) is 111 Å². The molecule has 0 atom stereocenters. The smallest absolute Gasteiger partial charge is 0.342 e. The summed E-state index contributed by atoms with van der Waals surface area (Å²) >= 11 is 0. The van der Waals surface area contributed by atoms with Crippen molar-refractivity contribution >= 4 is 11.7 Å². The Bertz CT molecular complexity index is 650. The van der Waals surface area contributed by atoms with Crippen LogP contribution >= 0.6 is 0 Å². The summed E-state index contributed by atoms with van der Waals surface area (Å²) in [4.78, 5) is 29.0. The Labute approximate surface area is 107 Å². The zero-order chi connectivity index (χ0) is 14.0. The predicted octanol–water partition coefficient (Wildman–Crippen LogP) is 1.44. The lowest BCUT2D eigenvalue weighted by Crippen LogP contribution is -2.08. The molecule has 2 aromatic heterocycles. The average molecular weight is 262 g/mol. The van der Waals surface area contributed by atoms with Crippen LogP contribution in [0.2, 0.25) is 0 Å². The van der Waals surface area contributed by atoms with Gasteiger partial charge in [-0.25, -0.2) is 14.8 Å². The van der Waals surface area contributed by atoms with E-state index < -0.39 is 22.1 Å². The van der Waals surface area contributed by atoms with Crippen LogP contribution in [0.1, 0.15) is 23.1 Å². The molecule has 8 nitrogen and oxygen atoms in total. The number of nitro groups is 1. The summed E-state index contributed by atoms with van der Waals surface area (Å²) in [7, 11) is 0. The fraction of sp³-hybridized carbons (Fsp3) is 0.182. The Morgan fingerprint density at radius 2 is 2.26 bits per heavy atom. The molecule has 98 valence electrons. The number of carboxylic acid groups (broad SMARTS) is 1. The minimum absolute atomic E-state index is 0.289. The number of hydrogen-bond acceptors (Lipinski definition) is 5. The number of carbonyl (C=O) groups is 1. The third-order valence-electron chi connectivity index (χ3n) is 2.58. The number of aromatic nitrogens is 3. The number of nitrogens with zero attached hydrogens (tertiary/aromatic N) is 4. The molecular weight excluding hydrogens is 252 g/mol. The Kier molecular flexibility index (Phi) is 3.23. The maximum absolute atomic E-state index is 11.0. The van der Waals surface area contributed by atoms with E-state index in [-0.39, 0.29) is 5.82 Å². The van der Waals surface area contributed by atoms with Crippen LogP contribution in [0.5, 0.6) is 0 Å². The first-order chi connectivity index (χ1) is 9.04. The number of carboxylic acids is 1. The van der Waals surface area contributed by atoms with E-state index in [9.17, 15) is 14.9 Å². The van der Waals surface area contributed by atoms with Gasteiger partial charge in [0.05, 0.1) is 4.92 Å². The molecule has 2 heterocycles. The molecule has 2 rings (SSSR count). The molecule has 0 amide bonds. The summed E-state index contributed by atoms with van der Waals surface area (Å²) in [5.74, 6) is -0.386. The van der Waals surface area contributed by atoms with Gasteiger partial charge in [-0.1, -0.05) is 6.92 Å². The second-order valence-electron chi connectivity index (χ2n) is 3.69. The van der Waals surface area contributed by atoms with E-state index in [1.807, 2.05) is 6.92 Å². The van der Waals surface area contributed by atoms with Gasteiger partial charge in [-0.2, -0.15) is 0 Å². The van der Waals surface area contributed by atoms with Crippen molar-refractivity contribution in [1.82, 2.24) is 14.5 Å². The van der Waals surface area contributed by atoms with Gasteiger partial charge in [0.2, 0.25) is 0 Å². The minimum atomic E-state index is -1.37. The van der Waals surface area contributed by atoms with E-state index in [4.69, 9.17) is 5.11 Å². The maximum atomic E-state index is 11.0. The van der Waals surface area contributed by atoms with Gasteiger partial charge < -0.3 is 5.11 Å². The van der Waals surface area contributed by atoms with Gasteiger partial charge in [0, 0.05) is 24.9 Å². The second-order valence-corrected chi connectivity index (χ2v) is 3.69. The van der Waals surface area contributed by atoms with Crippen LogP contribution in [-0.4, -0.2) is 30.5 Å². The van der Waals surface area contributed by atoms with Crippen LogP contribution < -0.4 is 0 Å². The van der Waals surface area contributed by atoms with Crippen molar-refractivity contribution in [2.24, 2.45) is 0 Å². The highest BCUT2D eigenvalue weighted by atomic mass is 16.6. The van der Waals surface area contributed by atoms with Crippen molar-refractivity contribution in [3.8, 4) is 5.82 Å². The van der Waals surface area contributed by atoms with Crippen LogP contribution in [0.3, 0.4) is 0 Å². The molecule has 0 aromatic carbocycles. The highest BCUT2D eigenvalue weighted by Gasteiger charge is 2.21. The Morgan fingerprint density at radius 1 is 1.53 bits per heavy atom. The molecule has 0 unspecified atom stereocenters. The molecule has 0 aliphatic rings. The summed E-state index contributed by atoms with van der Waals surface area (Å²) in [5, 5.41) is 19.7. The zero-order valence-corrected chi connectivity index (χ0v) is 9.98. The van der Waals surface area contributed by atoms with Crippen LogP contribution in [-0.2, 0) is 6.42 Å². The van der Waals surface area contributed by atoms with Gasteiger partial charge in [0.1, 0.15) is 23.4 Å². The highest BCUT2D eigenvalue weighted by Crippen LogP contribution is 2.20. The van der Waals surface area contributed by atoms with E-state index >= 15 is 0 Å². The number of hydrogen-bond donors (Lipinski definition) is 1. The number of aryl methyl sites for hydroxylation is 1. The number of aromatic carboxylic acids is 1. The average Bonchev–Trinajstić information content (AvgIpc) is 2.86. The summed E-state index contributed by atoms with van der Waals surface area (Å²) in [6.07, 6.45) is 4.76. The first-order valence-corrected chi connectivity index (χ1v) is 5.45. The van der Waals surface area contributed by atoms with E-state index in [1.165, 1.54) is 6.07 Å². The van der Waals surface area contributed by atoms with Crippen molar-refractivity contribution in [2.75, 3.05) is 0 Å². The van der Waals surface area contributed by atoms with Crippen LogP contribution in [0.4, 0.5) is 5.69 Å². The third kappa shape index (κ3) is 2.28. The predicted molar refractivity (Wildman–Crippen MR) is 64.4 cm³/mol. The summed E-state index contributed by atoms with van der Waals surface area (Å²) < 4.78 is 1.59. The number of imidazole rings is 1. The molecule has 1 N–H and O–H groups in total. The van der Waals surface area contributed by atoms with Crippen molar-refractivity contribution < 1.29 is 14.8 Å². The maximum Gasteiger partial charge on any atom is 0.342 e. The van der Waals surface area contributed by atoms with Gasteiger partial charge in [-0.3, -0.25) is 14.7 Å². The minimum Gasteiger partial charge on any atom is -0.477 e.